The summed E-state index contributed by atoms with van der Waals surface area (Å²) in [7, 11) is 0. The van der Waals surface area contributed by atoms with Gasteiger partial charge in [-0.05, 0) is 66.0 Å². The molecule has 0 fully saturated rings. The van der Waals surface area contributed by atoms with Crippen LogP contribution in [0.1, 0.15) is 109 Å². The Morgan fingerprint density at radius 3 is 2.22 bits per heavy atom. The van der Waals surface area contributed by atoms with E-state index in [9.17, 15) is 9.90 Å². The molecule has 2 aromatic heterocycles. The number of aliphatic hydroxyl groups is 1. The van der Waals surface area contributed by atoms with Crippen molar-refractivity contribution < 1.29 is 30.0 Å². The number of fused-ring (bicyclic) bond motifs is 6. The number of ketones is 1. The molecular formula is C45H51IrN2O2S-. The number of rotatable bonds is 9. The van der Waals surface area contributed by atoms with Crippen molar-refractivity contribution in [1.29, 1.82) is 0 Å². The van der Waals surface area contributed by atoms with Crippen molar-refractivity contribution in [1.82, 2.24) is 4.98 Å². The Morgan fingerprint density at radius 1 is 0.961 bits per heavy atom. The van der Waals surface area contributed by atoms with Crippen molar-refractivity contribution in [2.45, 2.75) is 106 Å². The van der Waals surface area contributed by atoms with E-state index in [2.05, 4.69) is 87.1 Å². The second kappa shape index (κ2) is 16.0. The summed E-state index contributed by atoms with van der Waals surface area (Å²) in [5.74, 6) is 0.547. The summed E-state index contributed by atoms with van der Waals surface area (Å²) >= 11 is 1.79. The number of hydrogen-bond acceptors (Lipinski definition) is 4. The molecular weight excluding hydrogens is 825 g/mol. The second-order valence-electron chi connectivity index (χ2n) is 14.7. The monoisotopic (exact) mass is 876 g/mol. The number of pyridine rings is 1. The molecule has 6 rings (SSSR count). The number of aromatic nitrogens is 1. The molecule has 1 aliphatic rings. The quantitative estimate of drug-likeness (QED) is 0.0912. The van der Waals surface area contributed by atoms with Crippen LogP contribution in [-0.2, 0) is 35.9 Å². The van der Waals surface area contributed by atoms with E-state index in [4.69, 9.17) is 11.6 Å². The van der Waals surface area contributed by atoms with Crippen molar-refractivity contribution in [3.63, 3.8) is 0 Å². The first-order valence-electron chi connectivity index (χ1n) is 18.1. The fraction of sp³-hybridized carbons (Fsp3) is 0.400. The van der Waals surface area contributed by atoms with Gasteiger partial charge in [-0.15, -0.1) is 40.2 Å². The summed E-state index contributed by atoms with van der Waals surface area (Å²) in [6.07, 6.45) is 6.83. The Labute approximate surface area is 322 Å². The Balaban J connectivity index is 0.000000312. The number of allylic oxidation sites excluding steroid dienone is 2. The average molecular weight is 876 g/mol. The fourth-order valence-electron chi connectivity index (χ4n) is 7.67. The molecule has 0 spiro atoms. The van der Waals surface area contributed by atoms with E-state index in [0.717, 1.165) is 42.5 Å². The molecule has 4 nitrogen and oxygen atoms in total. The molecule has 0 saturated heterocycles. The van der Waals surface area contributed by atoms with E-state index in [-0.39, 0.29) is 48.9 Å². The molecule has 1 N–H and O–H groups in total. The molecule has 2 heterocycles. The molecule has 1 radical (unpaired) electrons. The molecule has 0 atom stereocenters. The maximum Gasteiger partial charge on any atom is 0.252 e. The normalized spacial score (nSPS) is 13.4. The van der Waals surface area contributed by atoms with Crippen LogP contribution in [0.4, 0.5) is 0 Å². The molecule has 0 amide bonds. The van der Waals surface area contributed by atoms with E-state index in [1.807, 2.05) is 47.7 Å². The average Bonchev–Trinajstić information content (AvgIpc) is 3.59. The molecule has 6 heteroatoms. The van der Waals surface area contributed by atoms with E-state index in [1.54, 1.807) is 11.3 Å². The van der Waals surface area contributed by atoms with Crippen LogP contribution < -0.4 is 0 Å². The topological polar surface area (TPSA) is 54.5 Å². The minimum Gasteiger partial charge on any atom is -0.512 e. The number of nitrogens with zero attached hydrogens (tertiary/aromatic N) is 2. The number of carbonyl (C=O) groups excluding carboxylic acids is 1. The first kappa shape index (κ1) is 40.2. The molecule has 0 saturated carbocycles. The fourth-order valence-corrected chi connectivity index (χ4v) is 8.98. The Bertz CT molecular complexity index is 2140. The number of thiophene rings is 1. The van der Waals surface area contributed by atoms with Crippen molar-refractivity contribution >= 4 is 37.3 Å². The van der Waals surface area contributed by atoms with Gasteiger partial charge in [0.15, 0.2) is 5.78 Å². The molecule has 269 valence electrons. The maximum absolute atomic E-state index is 11.7. The summed E-state index contributed by atoms with van der Waals surface area (Å²) in [6, 6.07) is 21.2. The van der Waals surface area contributed by atoms with Gasteiger partial charge in [-0.3, -0.25) is 4.79 Å². The number of carbonyl (C=O) groups is 1. The van der Waals surface area contributed by atoms with E-state index in [1.165, 1.54) is 59.6 Å². The second-order valence-corrected chi connectivity index (χ2v) is 15.7. The SMILES string of the molecule is CCC(CC)C(=O)/C=C(\O)C(CC)CC.[C-]#[N+]C(C)(C)c1ccc2c(sc3c(-c4[c-]c(C)c5c(c4)C(C)(C)c4ccccc4-5)nccc32)c1C.[Ir]. The largest absolute Gasteiger partial charge is 0.512 e. The van der Waals surface area contributed by atoms with Crippen LogP contribution in [0.5, 0.6) is 0 Å². The van der Waals surface area contributed by atoms with Gasteiger partial charge >= 0.3 is 0 Å². The van der Waals surface area contributed by atoms with Crippen LogP contribution in [0.25, 0.3) is 47.4 Å². The molecule has 5 aromatic rings. The predicted molar refractivity (Wildman–Crippen MR) is 212 cm³/mol. The molecule has 0 bridgehead atoms. The zero-order valence-electron chi connectivity index (χ0n) is 31.7. The van der Waals surface area contributed by atoms with Crippen molar-refractivity contribution in [3.8, 4) is 22.4 Å². The zero-order valence-corrected chi connectivity index (χ0v) is 35.0. The third-order valence-corrected chi connectivity index (χ3v) is 12.2. The van der Waals surface area contributed by atoms with Crippen LogP contribution >= 0.6 is 11.3 Å². The van der Waals surface area contributed by atoms with Gasteiger partial charge in [0.2, 0.25) is 0 Å². The Kier molecular flexibility index (Phi) is 12.6. The number of aliphatic hydroxyl groups excluding tert-OH is 1. The van der Waals surface area contributed by atoms with Crippen LogP contribution in [0.2, 0.25) is 0 Å². The van der Waals surface area contributed by atoms with Crippen molar-refractivity contribution in [3.05, 3.63) is 112 Å². The van der Waals surface area contributed by atoms with Gasteiger partial charge in [0.05, 0.1) is 5.76 Å². The van der Waals surface area contributed by atoms with Crippen LogP contribution in [0, 0.1) is 38.3 Å². The summed E-state index contributed by atoms with van der Waals surface area (Å²) in [5, 5.41) is 12.2. The molecule has 0 aliphatic heterocycles. The molecule has 0 unspecified atom stereocenters. The minimum atomic E-state index is -0.541. The third kappa shape index (κ3) is 7.36. The summed E-state index contributed by atoms with van der Waals surface area (Å²) in [5.41, 5.74) is 10.3. The maximum atomic E-state index is 11.7. The van der Waals surface area contributed by atoms with E-state index in [0.29, 0.717) is 0 Å². The first-order valence-corrected chi connectivity index (χ1v) is 18.9. The number of aryl methyl sites for hydroxylation is 2. The summed E-state index contributed by atoms with van der Waals surface area (Å²) < 4.78 is 2.43. The van der Waals surface area contributed by atoms with E-state index >= 15 is 0 Å². The third-order valence-electron chi connectivity index (χ3n) is 10.9. The Hall–Kier alpha value is -3.62. The first-order chi connectivity index (χ1) is 23.7. The summed E-state index contributed by atoms with van der Waals surface area (Å²) in [4.78, 5) is 20.5. The molecule has 3 aromatic carbocycles. The van der Waals surface area contributed by atoms with Crippen LogP contribution in [-0.4, -0.2) is 15.9 Å². The molecule has 1 aliphatic carbocycles. The van der Waals surface area contributed by atoms with Gasteiger partial charge in [-0.25, -0.2) is 6.57 Å². The van der Waals surface area contributed by atoms with Gasteiger partial charge in [0.1, 0.15) is 0 Å². The van der Waals surface area contributed by atoms with Crippen molar-refractivity contribution in [2.75, 3.05) is 0 Å². The van der Waals surface area contributed by atoms with Crippen LogP contribution in [0.3, 0.4) is 0 Å². The van der Waals surface area contributed by atoms with Gasteiger partial charge in [-0.1, -0.05) is 96.0 Å². The van der Waals surface area contributed by atoms with Gasteiger partial charge < -0.3 is 14.9 Å². The van der Waals surface area contributed by atoms with Gasteiger partial charge in [0, 0.05) is 78.7 Å². The predicted octanol–water partition coefficient (Wildman–Crippen LogP) is 12.9. The van der Waals surface area contributed by atoms with E-state index < -0.39 is 5.54 Å². The van der Waals surface area contributed by atoms with Gasteiger partial charge in [-0.2, -0.15) is 0 Å². The Morgan fingerprint density at radius 2 is 1.59 bits per heavy atom. The molecule has 51 heavy (non-hydrogen) atoms. The smallest absolute Gasteiger partial charge is 0.252 e. The van der Waals surface area contributed by atoms with Crippen molar-refractivity contribution in [2.24, 2.45) is 11.8 Å². The van der Waals surface area contributed by atoms with Crippen LogP contribution in [0.15, 0.2) is 66.6 Å². The number of benzene rings is 3. The van der Waals surface area contributed by atoms with Gasteiger partial charge in [0.25, 0.3) is 5.54 Å². The summed E-state index contributed by atoms with van der Waals surface area (Å²) in [6.45, 7) is 28.7. The zero-order chi connectivity index (χ0) is 36.5. The number of hydrogen-bond donors (Lipinski definition) is 1. The minimum absolute atomic E-state index is 0. The standard InChI is InChI=1S/C32H27N2S.C13H24O2.Ir/c1-18-16-20(17-26-27(18)23-10-8-9-11-25(23)31(26,3)4)28-30-22(14-15-34-28)21-12-13-24(32(5,6)33-7)19(2)29(21)35-30;1-5-10(6-2)12(14)9-13(15)11(7-3)8-4;/h8-15,17H,1-6H3;9-11,14H,5-8H2,1-4H3;/q-1;;/b;12-9-;.